The van der Waals surface area contributed by atoms with Crippen LogP contribution in [-0.4, -0.2) is 41.5 Å². The quantitative estimate of drug-likeness (QED) is 0.455. The highest BCUT2D eigenvalue weighted by atomic mass is 32.2. The van der Waals surface area contributed by atoms with E-state index >= 15 is 0 Å². The molecule has 1 aliphatic rings. The molecule has 1 unspecified atom stereocenters. The van der Waals surface area contributed by atoms with Crippen LogP contribution >= 0.6 is 11.8 Å². The maximum atomic E-state index is 11.9. The molecule has 22 heavy (non-hydrogen) atoms. The van der Waals surface area contributed by atoms with Crippen LogP contribution in [0, 0.1) is 13.8 Å². The lowest BCUT2D eigenvalue weighted by atomic mass is 10.1. The topological polar surface area (TPSA) is 61.3 Å². The van der Waals surface area contributed by atoms with Gasteiger partial charge in [-0.05, 0) is 51.3 Å². The van der Waals surface area contributed by atoms with Crippen LogP contribution in [0.15, 0.2) is 5.16 Å². The first-order valence-electron chi connectivity index (χ1n) is 7.75. The fourth-order valence-electron chi connectivity index (χ4n) is 2.59. The average Bonchev–Trinajstić information content (AvgIpc) is 2.52. The molecule has 1 aromatic rings. The number of esters is 1. The lowest BCUT2D eigenvalue weighted by Crippen LogP contribution is -2.26. The third-order valence-corrected chi connectivity index (χ3v) is 4.41. The van der Waals surface area contributed by atoms with E-state index in [0.717, 1.165) is 48.0 Å². The second-order valence-corrected chi connectivity index (χ2v) is 6.30. The van der Waals surface area contributed by atoms with Crippen LogP contribution < -0.4 is 0 Å². The molecule has 122 valence electrons. The number of rotatable bonds is 6. The molecule has 1 aromatic heterocycles. The molecular weight excluding hydrogens is 300 g/mol. The van der Waals surface area contributed by atoms with Gasteiger partial charge in [0.15, 0.2) is 5.16 Å². The van der Waals surface area contributed by atoms with Crippen LogP contribution in [0.4, 0.5) is 0 Å². The third kappa shape index (κ3) is 4.95. The molecule has 2 heterocycles. The predicted octanol–water partition coefficient (Wildman–Crippen LogP) is 2.86. The van der Waals surface area contributed by atoms with Gasteiger partial charge in [0.25, 0.3) is 0 Å². The lowest BCUT2D eigenvalue weighted by molar-refractivity contribution is -0.149. The number of carbonyl (C=O) groups excluding carboxylic acids is 1. The van der Waals surface area contributed by atoms with Crippen LogP contribution in [0.25, 0.3) is 0 Å². The number of carbonyl (C=O) groups is 1. The highest BCUT2D eigenvalue weighted by molar-refractivity contribution is 7.98. The van der Waals surface area contributed by atoms with E-state index in [0.29, 0.717) is 19.4 Å². The monoisotopic (exact) mass is 324 g/mol. The van der Waals surface area contributed by atoms with Crippen molar-refractivity contribution in [3.05, 3.63) is 17.0 Å². The van der Waals surface area contributed by atoms with Gasteiger partial charge in [0.05, 0.1) is 6.10 Å². The maximum Gasteiger partial charge on any atom is 0.306 e. The molecule has 1 atom stereocenters. The predicted molar refractivity (Wildman–Crippen MR) is 86.2 cm³/mol. The Labute approximate surface area is 136 Å². The molecule has 5 nitrogen and oxygen atoms in total. The van der Waals surface area contributed by atoms with Gasteiger partial charge in [-0.3, -0.25) is 4.79 Å². The Balaban J connectivity index is 1.80. The minimum Gasteiger partial charge on any atom is -0.463 e. The molecule has 1 aliphatic heterocycles. The molecule has 6 heteroatoms. The van der Waals surface area contributed by atoms with Crippen LogP contribution in [0.5, 0.6) is 0 Å². The summed E-state index contributed by atoms with van der Waals surface area (Å²) in [5.74, 6) is -0.179. The van der Waals surface area contributed by atoms with Crippen molar-refractivity contribution in [3.63, 3.8) is 0 Å². The molecule has 0 bridgehead atoms. The minimum absolute atomic E-state index is 0.0744. The Kier molecular flexibility index (Phi) is 6.64. The number of nitrogens with zero attached hydrogens (tertiary/aromatic N) is 2. The SMILES string of the molecule is CSc1nc(C)c(CCC(=O)OCC2CCCCO2)c(C)n1. The van der Waals surface area contributed by atoms with Crippen LogP contribution in [0.2, 0.25) is 0 Å². The molecule has 0 radical (unpaired) electrons. The number of ether oxygens (including phenoxy) is 2. The number of hydrogen-bond acceptors (Lipinski definition) is 6. The van der Waals surface area contributed by atoms with Crippen molar-refractivity contribution in [2.45, 2.75) is 57.2 Å². The largest absolute Gasteiger partial charge is 0.463 e. The Morgan fingerprint density at radius 1 is 1.32 bits per heavy atom. The summed E-state index contributed by atoms with van der Waals surface area (Å²) in [6.07, 6.45) is 6.25. The molecule has 2 rings (SSSR count). The first-order chi connectivity index (χ1) is 10.6. The number of thioether (sulfide) groups is 1. The van der Waals surface area contributed by atoms with E-state index in [1.807, 2.05) is 20.1 Å². The van der Waals surface area contributed by atoms with Gasteiger partial charge >= 0.3 is 5.97 Å². The van der Waals surface area contributed by atoms with E-state index in [-0.39, 0.29) is 12.1 Å². The number of aryl methyl sites for hydroxylation is 2. The van der Waals surface area contributed by atoms with Gasteiger partial charge in [-0.25, -0.2) is 9.97 Å². The normalized spacial score (nSPS) is 18.2. The standard InChI is InChI=1S/C16H24N2O3S/c1-11-14(12(2)18-16(17-11)22-3)7-8-15(19)21-10-13-6-4-5-9-20-13/h13H,4-10H2,1-3H3. The molecule has 0 saturated carbocycles. The molecule has 1 saturated heterocycles. The fraction of sp³-hybridized carbons (Fsp3) is 0.688. The zero-order chi connectivity index (χ0) is 15.9. The van der Waals surface area contributed by atoms with Crippen molar-refractivity contribution in [1.29, 1.82) is 0 Å². The van der Waals surface area contributed by atoms with Crippen molar-refractivity contribution < 1.29 is 14.3 Å². The van der Waals surface area contributed by atoms with Crippen LogP contribution in [-0.2, 0) is 20.7 Å². The van der Waals surface area contributed by atoms with Crippen LogP contribution in [0.3, 0.4) is 0 Å². The van der Waals surface area contributed by atoms with E-state index in [2.05, 4.69) is 9.97 Å². The van der Waals surface area contributed by atoms with Gasteiger partial charge < -0.3 is 9.47 Å². The summed E-state index contributed by atoms with van der Waals surface area (Å²) in [5.41, 5.74) is 2.93. The Morgan fingerprint density at radius 3 is 2.64 bits per heavy atom. The highest BCUT2D eigenvalue weighted by Crippen LogP contribution is 2.17. The number of hydrogen-bond donors (Lipinski definition) is 0. The summed E-state index contributed by atoms with van der Waals surface area (Å²) < 4.78 is 10.9. The van der Waals surface area contributed by atoms with Crippen molar-refractivity contribution in [2.24, 2.45) is 0 Å². The zero-order valence-corrected chi connectivity index (χ0v) is 14.4. The Hall–Kier alpha value is -1.14. The summed E-state index contributed by atoms with van der Waals surface area (Å²) >= 11 is 1.53. The molecule has 0 N–H and O–H groups in total. The van der Waals surface area contributed by atoms with Crippen LogP contribution in [0.1, 0.15) is 42.6 Å². The summed E-state index contributed by atoms with van der Waals surface area (Å²) in [5, 5.41) is 0.774. The van der Waals surface area contributed by atoms with Gasteiger partial charge in [0, 0.05) is 24.4 Å². The second kappa shape index (κ2) is 8.48. The van der Waals surface area contributed by atoms with Gasteiger partial charge in [-0.1, -0.05) is 11.8 Å². The smallest absolute Gasteiger partial charge is 0.306 e. The van der Waals surface area contributed by atoms with E-state index < -0.39 is 0 Å². The van der Waals surface area contributed by atoms with E-state index in [1.165, 1.54) is 11.8 Å². The molecule has 0 amide bonds. The number of aromatic nitrogens is 2. The molecule has 0 aliphatic carbocycles. The average molecular weight is 324 g/mol. The van der Waals surface area contributed by atoms with Crippen molar-refractivity contribution in [2.75, 3.05) is 19.5 Å². The Bertz CT molecular complexity index is 493. The van der Waals surface area contributed by atoms with E-state index in [1.54, 1.807) is 0 Å². The first kappa shape index (κ1) is 17.2. The molecule has 0 spiro atoms. The van der Waals surface area contributed by atoms with Crippen molar-refractivity contribution in [3.8, 4) is 0 Å². The molecule has 1 fully saturated rings. The summed E-state index contributed by atoms with van der Waals surface area (Å²) in [6.45, 7) is 5.08. The summed E-state index contributed by atoms with van der Waals surface area (Å²) in [6, 6.07) is 0. The van der Waals surface area contributed by atoms with Gasteiger partial charge in [0.2, 0.25) is 0 Å². The highest BCUT2D eigenvalue weighted by Gasteiger charge is 2.16. The van der Waals surface area contributed by atoms with E-state index in [4.69, 9.17) is 9.47 Å². The van der Waals surface area contributed by atoms with Gasteiger partial charge in [-0.15, -0.1) is 0 Å². The zero-order valence-electron chi connectivity index (χ0n) is 13.6. The first-order valence-corrected chi connectivity index (χ1v) is 8.98. The van der Waals surface area contributed by atoms with Crippen molar-refractivity contribution >= 4 is 17.7 Å². The molecule has 0 aromatic carbocycles. The van der Waals surface area contributed by atoms with E-state index in [9.17, 15) is 4.79 Å². The lowest BCUT2D eigenvalue weighted by Gasteiger charge is -2.22. The van der Waals surface area contributed by atoms with Gasteiger partial charge in [0.1, 0.15) is 6.61 Å². The fourth-order valence-corrected chi connectivity index (χ4v) is 3.04. The Morgan fingerprint density at radius 2 is 2.05 bits per heavy atom. The summed E-state index contributed by atoms with van der Waals surface area (Å²) in [7, 11) is 0. The third-order valence-electron chi connectivity index (χ3n) is 3.87. The summed E-state index contributed by atoms with van der Waals surface area (Å²) in [4.78, 5) is 20.7. The second-order valence-electron chi connectivity index (χ2n) is 5.53. The molecular formula is C16H24N2O3S. The van der Waals surface area contributed by atoms with Crippen molar-refractivity contribution in [1.82, 2.24) is 9.97 Å². The van der Waals surface area contributed by atoms with Gasteiger partial charge in [-0.2, -0.15) is 0 Å². The maximum absolute atomic E-state index is 11.9. The minimum atomic E-state index is -0.179.